The van der Waals surface area contributed by atoms with Crippen LogP contribution in [0.1, 0.15) is 36.6 Å². The Bertz CT molecular complexity index is 2180. The summed E-state index contributed by atoms with van der Waals surface area (Å²) in [5.41, 5.74) is 4.05. The van der Waals surface area contributed by atoms with Crippen molar-refractivity contribution in [2.45, 2.75) is 26.4 Å². The van der Waals surface area contributed by atoms with Crippen molar-refractivity contribution >= 4 is 57.5 Å². The number of hydrogen-bond acceptors (Lipinski definition) is 7. The number of carbonyl (C=O) groups excluding carboxylic acids is 1. The van der Waals surface area contributed by atoms with E-state index < -0.39 is 12.0 Å². The standard InChI is InChI=1S/C34H29Cl2N3O5S/c1-5-44-33(41)30-19(2)37-34-39(31(30)21-11-13-27(42-3)28(15-21)43-4)32(40)29(45-34)16-22-18-38(26-9-7-6-8-23(22)26)17-20-10-12-24(35)25(36)14-20/h6-16,18,31H,5,17H2,1-4H3/b29-16+/t31-/m0/s1. The fourth-order valence-electron chi connectivity index (χ4n) is 5.63. The maximum absolute atomic E-state index is 14.2. The van der Waals surface area contributed by atoms with Gasteiger partial charge in [-0.15, -0.1) is 0 Å². The summed E-state index contributed by atoms with van der Waals surface area (Å²) in [5.74, 6) is 0.479. The Hall–Kier alpha value is -4.31. The lowest BCUT2D eigenvalue weighted by Gasteiger charge is -2.25. The lowest BCUT2D eigenvalue weighted by Crippen LogP contribution is -2.39. The van der Waals surface area contributed by atoms with Crippen LogP contribution in [0.5, 0.6) is 11.5 Å². The van der Waals surface area contributed by atoms with E-state index in [1.165, 1.54) is 11.3 Å². The number of halogens is 2. The predicted octanol–water partition coefficient (Wildman–Crippen LogP) is 6.13. The van der Waals surface area contributed by atoms with Gasteiger partial charge in [0.1, 0.15) is 0 Å². The monoisotopic (exact) mass is 661 g/mol. The van der Waals surface area contributed by atoms with E-state index in [-0.39, 0.29) is 12.2 Å². The van der Waals surface area contributed by atoms with Crippen LogP contribution in [-0.2, 0) is 16.1 Å². The third-order valence-electron chi connectivity index (χ3n) is 7.68. The van der Waals surface area contributed by atoms with E-state index in [9.17, 15) is 9.59 Å². The average molecular weight is 663 g/mol. The fraction of sp³-hybridized carbons (Fsp3) is 0.206. The molecule has 230 valence electrons. The average Bonchev–Trinajstić information content (AvgIpc) is 3.53. The zero-order chi connectivity index (χ0) is 31.8. The van der Waals surface area contributed by atoms with Crippen molar-refractivity contribution in [3.05, 3.63) is 125 Å². The van der Waals surface area contributed by atoms with Crippen molar-refractivity contribution in [1.29, 1.82) is 0 Å². The summed E-state index contributed by atoms with van der Waals surface area (Å²) in [7, 11) is 3.09. The van der Waals surface area contributed by atoms with Gasteiger partial charge in [-0.25, -0.2) is 9.79 Å². The van der Waals surface area contributed by atoms with Crippen molar-refractivity contribution in [1.82, 2.24) is 9.13 Å². The minimum absolute atomic E-state index is 0.185. The SMILES string of the molecule is CCOC(=O)C1=C(C)N=c2s/c(=C/c3cn(Cc4ccc(Cl)c(Cl)c4)c4ccccc34)c(=O)n2[C@H]1c1ccc(OC)c(OC)c1. The molecule has 1 aliphatic rings. The number of hydrogen-bond donors (Lipinski definition) is 0. The van der Waals surface area contributed by atoms with E-state index in [1.807, 2.05) is 54.7 Å². The highest BCUT2D eigenvalue weighted by molar-refractivity contribution is 7.07. The number of allylic oxidation sites excluding steroid dienone is 1. The quantitative estimate of drug-likeness (QED) is 0.187. The molecule has 0 aliphatic carbocycles. The number of fused-ring (bicyclic) bond motifs is 2. The largest absolute Gasteiger partial charge is 0.493 e. The summed E-state index contributed by atoms with van der Waals surface area (Å²) in [5, 5.41) is 1.98. The zero-order valence-corrected chi connectivity index (χ0v) is 27.3. The summed E-state index contributed by atoms with van der Waals surface area (Å²) in [4.78, 5) is 32.7. The predicted molar refractivity (Wildman–Crippen MR) is 177 cm³/mol. The minimum Gasteiger partial charge on any atom is -0.493 e. The molecule has 3 heterocycles. The van der Waals surface area contributed by atoms with Gasteiger partial charge in [0.15, 0.2) is 16.3 Å². The van der Waals surface area contributed by atoms with Crippen molar-refractivity contribution in [2.75, 3.05) is 20.8 Å². The van der Waals surface area contributed by atoms with Crippen LogP contribution in [0.4, 0.5) is 0 Å². The van der Waals surface area contributed by atoms with Crippen molar-refractivity contribution in [3.63, 3.8) is 0 Å². The number of carbonyl (C=O) groups is 1. The number of aromatic nitrogens is 2. The molecule has 0 saturated carbocycles. The van der Waals surface area contributed by atoms with Gasteiger partial charge < -0.3 is 18.8 Å². The first-order valence-corrected chi connectivity index (χ1v) is 15.7. The second-order valence-corrected chi connectivity index (χ2v) is 12.2. The smallest absolute Gasteiger partial charge is 0.338 e. The highest BCUT2D eigenvalue weighted by Crippen LogP contribution is 2.36. The van der Waals surface area contributed by atoms with Gasteiger partial charge in [-0.1, -0.05) is 64.9 Å². The molecule has 11 heteroatoms. The van der Waals surface area contributed by atoms with Crippen molar-refractivity contribution in [3.8, 4) is 11.5 Å². The van der Waals surface area contributed by atoms with Gasteiger partial charge in [-0.05, 0) is 61.4 Å². The van der Waals surface area contributed by atoms with E-state index in [2.05, 4.69) is 4.57 Å². The number of ether oxygens (including phenoxy) is 3. The fourth-order valence-corrected chi connectivity index (χ4v) is 6.98. The summed E-state index contributed by atoms with van der Waals surface area (Å²) in [6.07, 6.45) is 3.90. The number of methoxy groups -OCH3 is 2. The van der Waals surface area contributed by atoms with E-state index in [1.54, 1.807) is 50.8 Å². The van der Waals surface area contributed by atoms with Crippen LogP contribution >= 0.6 is 34.5 Å². The Morgan fingerprint density at radius 2 is 1.80 bits per heavy atom. The van der Waals surface area contributed by atoms with Gasteiger partial charge in [-0.3, -0.25) is 9.36 Å². The molecule has 0 spiro atoms. The summed E-state index contributed by atoms with van der Waals surface area (Å²) in [6, 6.07) is 18.2. The van der Waals surface area contributed by atoms with Crippen LogP contribution in [0.25, 0.3) is 17.0 Å². The minimum atomic E-state index is -0.779. The number of nitrogens with zero attached hydrogens (tertiary/aromatic N) is 3. The molecule has 0 fully saturated rings. The second kappa shape index (κ2) is 12.6. The first-order chi connectivity index (χ1) is 21.7. The number of para-hydroxylation sites is 1. The Balaban J connectivity index is 1.52. The van der Waals surface area contributed by atoms with Gasteiger partial charge >= 0.3 is 5.97 Å². The van der Waals surface area contributed by atoms with Gasteiger partial charge in [0.25, 0.3) is 5.56 Å². The van der Waals surface area contributed by atoms with Gasteiger partial charge in [0, 0.05) is 29.2 Å². The highest BCUT2D eigenvalue weighted by atomic mass is 35.5. The molecule has 1 atom stereocenters. The third kappa shape index (κ3) is 5.67. The molecule has 8 nitrogen and oxygen atoms in total. The number of thiazole rings is 1. The summed E-state index contributed by atoms with van der Waals surface area (Å²) < 4.78 is 20.6. The number of benzene rings is 3. The topological polar surface area (TPSA) is 84.1 Å². The van der Waals surface area contributed by atoms with E-state index in [0.29, 0.717) is 54.3 Å². The van der Waals surface area contributed by atoms with Crippen LogP contribution < -0.4 is 24.4 Å². The molecule has 0 unspecified atom stereocenters. The molecule has 0 saturated heterocycles. The molecule has 0 radical (unpaired) electrons. The van der Waals surface area contributed by atoms with Crippen LogP contribution in [-0.4, -0.2) is 35.9 Å². The Morgan fingerprint density at radius 3 is 2.53 bits per heavy atom. The molecular weight excluding hydrogens is 633 g/mol. The number of rotatable bonds is 8. The van der Waals surface area contributed by atoms with E-state index in [4.69, 9.17) is 42.4 Å². The first-order valence-electron chi connectivity index (χ1n) is 14.2. The lowest BCUT2D eigenvalue weighted by molar-refractivity contribution is -0.139. The molecule has 0 bridgehead atoms. The molecule has 0 N–H and O–H groups in total. The molecular formula is C34H29Cl2N3O5S. The maximum atomic E-state index is 14.2. The lowest BCUT2D eigenvalue weighted by atomic mass is 9.95. The molecule has 0 amide bonds. The van der Waals surface area contributed by atoms with Crippen molar-refractivity contribution in [2.24, 2.45) is 4.99 Å². The zero-order valence-electron chi connectivity index (χ0n) is 25.0. The number of esters is 1. The van der Waals surface area contributed by atoms with Gasteiger partial charge in [0.05, 0.1) is 52.7 Å². The molecule has 45 heavy (non-hydrogen) atoms. The van der Waals surface area contributed by atoms with Gasteiger partial charge in [-0.2, -0.15) is 0 Å². The van der Waals surface area contributed by atoms with Crippen LogP contribution in [0.15, 0.2) is 87.9 Å². The first kappa shape index (κ1) is 30.7. The van der Waals surface area contributed by atoms with Crippen LogP contribution in [0.3, 0.4) is 0 Å². The normalized spacial score (nSPS) is 14.8. The molecule has 6 rings (SSSR count). The molecule has 1 aliphatic heterocycles. The van der Waals surface area contributed by atoms with E-state index in [0.717, 1.165) is 22.0 Å². The molecule has 3 aromatic carbocycles. The van der Waals surface area contributed by atoms with Crippen molar-refractivity contribution < 1.29 is 19.0 Å². The summed E-state index contributed by atoms with van der Waals surface area (Å²) >= 11 is 13.7. The van der Waals surface area contributed by atoms with Crippen LogP contribution in [0, 0.1) is 0 Å². The molecule has 2 aromatic heterocycles. The van der Waals surface area contributed by atoms with Crippen LogP contribution in [0.2, 0.25) is 10.0 Å². The third-order valence-corrected chi connectivity index (χ3v) is 9.41. The van der Waals surface area contributed by atoms with E-state index >= 15 is 0 Å². The molecule has 5 aromatic rings. The Morgan fingerprint density at radius 1 is 1.02 bits per heavy atom. The Labute approximate surface area is 273 Å². The maximum Gasteiger partial charge on any atom is 0.338 e. The highest BCUT2D eigenvalue weighted by Gasteiger charge is 2.34. The second-order valence-electron chi connectivity index (χ2n) is 10.4. The summed E-state index contributed by atoms with van der Waals surface area (Å²) in [6.45, 7) is 4.25. The Kier molecular flexibility index (Phi) is 8.59. The van der Waals surface area contributed by atoms with Gasteiger partial charge in [0.2, 0.25) is 0 Å².